The number of hydrogen-bond donors (Lipinski definition) is 1. The SMILES string of the molecule is CCCCCCC/C=C1/CCC[C@H]1O. The summed E-state index contributed by atoms with van der Waals surface area (Å²) in [5.41, 5.74) is 1.31. The van der Waals surface area contributed by atoms with E-state index in [0.29, 0.717) is 0 Å². The summed E-state index contributed by atoms with van der Waals surface area (Å²) >= 11 is 0. The second-order valence-corrected chi connectivity index (χ2v) is 4.39. The van der Waals surface area contributed by atoms with Gasteiger partial charge in [0, 0.05) is 0 Å². The van der Waals surface area contributed by atoms with Crippen molar-refractivity contribution in [3.63, 3.8) is 0 Å². The number of unbranched alkanes of at least 4 members (excludes halogenated alkanes) is 5. The van der Waals surface area contributed by atoms with Crippen LogP contribution in [0.4, 0.5) is 0 Å². The van der Waals surface area contributed by atoms with E-state index in [1.807, 2.05) is 0 Å². The Morgan fingerprint density at radius 1 is 1.29 bits per heavy atom. The zero-order valence-electron chi connectivity index (χ0n) is 9.47. The van der Waals surface area contributed by atoms with Gasteiger partial charge in [-0.05, 0) is 37.7 Å². The van der Waals surface area contributed by atoms with Crippen molar-refractivity contribution in [3.05, 3.63) is 11.6 Å². The zero-order chi connectivity index (χ0) is 10.2. The number of allylic oxidation sites excluding steroid dienone is 1. The van der Waals surface area contributed by atoms with Crippen LogP contribution >= 0.6 is 0 Å². The quantitative estimate of drug-likeness (QED) is 0.506. The van der Waals surface area contributed by atoms with E-state index in [-0.39, 0.29) is 6.10 Å². The molecule has 0 radical (unpaired) electrons. The highest BCUT2D eigenvalue weighted by Gasteiger charge is 2.16. The summed E-state index contributed by atoms with van der Waals surface area (Å²) in [6.45, 7) is 2.25. The van der Waals surface area contributed by atoms with E-state index in [9.17, 15) is 5.11 Å². The molecule has 0 heterocycles. The number of aliphatic hydroxyl groups is 1. The maximum absolute atomic E-state index is 9.56. The molecule has 0 aromatic rings. The van der Waals surface area contributed by atoms with Crippen molar-refractivity contribution in [3.8, 4) is 0 Å². The molecule has 1 rings (SSSR count). The highest BCUT2D eigenvalue weighted by molar-refractivity contribution is 5.12. The van der Waals surface area contributed by atoms with Crippen LogP contribution in [0.1, 0.15) is 64.7 Å². The lowest BCUT2D eigenvalue weighted by atomic mass is 10.1. The third-order valence-electron chi connectivity index (χ3n) is 3.09. The Morgan fingerprint density at radius 3 is 2.71 bits per heavy atom. The molecule has 0 saturated heterocycles. The van der Waals surface area contributed by atoms with E-state index in [2.05, 4.69) is 13.0 Å². The lowest BCUT2D eigenvalue weighted by Gasteiger charge is -2.03. The molecule has 0 aliphatic heterocycles. The average molecular weight is 196 g/mol. The normalized spacial score (nSPS) is 24.7. The Bertz CT molecular complexity index is 172. The van der Waals surface area contributed by atoms with Gasteiger partial charge in [-0.3, -0.25) is 0 Å². The molecule has 0 unspecified atom stereocenters. The molecule has 0 aromatic heterocycles. The minimum Gasteiger partial charge on any atom is -0.389 e. The maximum Gasteiger partial charge on any atom is 0.0750 e. The van der Waals surface area contributed by atoms with Crippen molar-refractivity contribution >= 4 is 0 Å². The van der Waals surface area contributed by atoms with Crippen molar-refractivity contribution in [1.29, 1.82) is 0 Å². The second-order valence-electron chi connectivity index (χ2n) is 4.39. The Labute approximate surface area is 88.2 Å². The molecule has 1 aliphatic carbocycles. The van der Waals surface area contributed by atoms with Gasteiger partial charge in [0.2, 0.25) is 0 Å². The largest absolute Gasteiger partial charge is 0.389 e. The predicted octanol–water partition coefficient (Wildman–Crippen LogP) is 3.82. The Kier molecular flexibility index (Phi) is 5.93. The molecule has 0 bridgehead atoms. The van der Waals surface area contributed by atoms with Gasteiger partial charge in [0.25, 0.3) is 0 Å². The van der Waals surface area contributed by atoms with Crippen LogP contribution in [0, 0.1) is 0 Å². The summed E-state index contributed by atoms with van der Waals surface area (Å²) in [5.74, 6) is 0. The summed E-state index contributed by atoms with van der Waals surface area (Å²) in [7, 11) is 0. The molecule has 1 nitrogen and oxygen atoms in total. The van der Waals surface area contributed by atoms with Crippen LogP contribution in [0.2, 0.25) is 0 Å². The van der Waals surface area contributed by atoms with Gasteiger partial charge < -0.3 is 5.11 Å². The minimum absolute atomic E-state index is 0.106. The van der Waals surface area contributed by atoms with Gasteiger partial charge in [-0.15, -0.1) is 0 Å². The van der Waals surface area contributed by atoms with Crippen LogP contribution in [0.15, 0.2) is 11.6 Å². The van der Waals surface area contributed by atoms with Gasteiger partial charge in [-0.2, -0.15) is 0 Å². The fraction of sp³-hybridized carbons (Fsp3) is 0.846. The van der Waals surface area contributed by atoms with E-state index in [0.717, 1.165) is 12.8 Å². The Morgan fingerprint density at radius 2 is 2.07 bits per heavy atom. The minimum atomic E-state index is -0.106. The third-order valence-corrected chi connectivity index (χ3v) is 3.09. The molecule has 1 heteroatoms. The number of rotatable bonds is 6. The first kappa shape index (κ1) is 11.8. The molecule has 1 N–H and O–H groups in total. The standard InChI is InChI=1S/C13H24O/c1-2-3-4-5-6-7-9-12-10-8-11-13(12)14/h9,13-14H,2-8,10-11H2,1H3/b12-9-/t13-/m1/s1. The fourth-order valence-corrected chi connectivity index (χ4v) is 2.12. The average Bonchev–Trinajstić information content (AvgIpc) is 2.58. The van der Waals surface area contributed by atoms with E-state index in [1.165, 1.54) is 50.5 Å². The second kappa shape index (κ2) is 7.05. The summed E-state index contributed by atoms with van der Waals surface area (Å²) < 4.78 is 0. The van der Waals surface area contributed by atoms with Crippen LogP contribution in [0.3, 0.4) is 0 Å². The Balaban J connectivity index is 2.02. The van der Waals surface area contributed by atoms with Crippen LogP contribution in [-0.2, 0) is 0 Å². The molecule has 0 spiro atoms. The number of aliphatic hydroxyl groups excluding tert-OH is 1. The first-order valence-corrected chi connectivity index (χ1v) is 6.21. The molecule has 82 valence electrons. The molecular weight excluding hydrogens is 172 g/mol. The molecule has 0 amide bonds. The molecule has 1 saturated carbocycles. The summed E-state index contributed by atoms with van der Waals surface area (Å²) in [6.07, 6.45) is 13.4. The highest BCUT2D eigenvalue weighted by atomic mass is 16.3. The van der Waals surface area contributed by atoms with Crippen molar-refractivity contribution in [2.24, 2.45) is 0 Å². The van der Waals surface area contributed by atoms with E-state index >= 15 is 0 Å². The first-order chi connectivity index (χ1) is 6.84. The summed E-state index contributed by atoms with van der Waals surface area (Å²) in [4.78, 5) is 0. The van der Waals surface area contributed by atoms with Crippen molar-refractivity contribution in [1.82, 2.24) is 0 Å². The lowest BCUT2D eigenvalue weighted by Crippen LogP contribution is -2.00. The molecule has 1 aliphatic rings. The predicted molar refractivity (Wildman–Crippen MR) is 61.3 cm³/mol. The zero-order valence-corrected chi connectivity index (χ0v) is 9.47. The van der Waals surface area contributed by atoms with Crippen molar-refractivity contribution < 1.29 is 5.11 Å². The molecule has 14 heavy (non-hydrogen) atoms. The molecule has 1 atom stereocenters. The molecular formula is C13H24O. The number of hydrogen-bond acceptors (Lipinski definition) is 1. The smallest absolute Gasteiger partial charge is 0.0750 e. The van der Waals surface area contributed by atoms with Gasteiger partial charge in [0.15, 0.2) is 0 Å². The molecule has 1 fully saturated rings. The van der Waals surface area contributed by atoms with Gasteiger partial charge in [0.1, 0.15) is 0 Å². The van der Waals surface area contributed by atoms with Gasteiger partial charge in [-0.1, -0.05) is 38.7 Å². The topological polar surface area (TPSA) is 20.2 Å². The van der Waals surface area contributed by atoms with Gasteiger partial charge >= 0.3 is 0 Å². The lowest BCUT2D eigenvalue weighted by molar-refractivity contribution is 0.217. The maximum atomic E-state index is 9.56. The van der Waals surface area contributed by atoms with Crippen LogP contribution in [-0.4, -0.2) is 11.2 Å². The van der Waals surface area contributed by atoms with Crippen LogP contribution in [0.5, 0.6) is 0 Å². The highest BCUT2D eigenvalue weighted by Crippen LogP contribution is 2.25. The van der Waals surface area contributed by atoms with Crippen LogP contribution < -0.4 is 0 Å². The van der Waals surface area contributed by atoms with Gasteiger partial charge in [0.05, 0.1) is 6.10 Å². The van der Waals surface area contributed by atoms with E-state index in [1.54, 1.807) is 0 Å². The Hall–Kier alpha value is -0.300. The fourth-order valence-electron chi connectivity index (χ4n) is 2.12. The summed E-state index contributed by atoms with van der Waals surface area (Å²) in [5, 5.41) is 9.56. The first-order valence-electron chi connectivity index (χ1n) is 6.21. The van der Waals surface area contributed by atoms with Gasteiger partial charge in [-0.25, -0.2) is 0 Å². The monoisotopic (exact) mass is 196 g/mol. The van der Waals surface area contributed by atoms with Crippen molar-refractivity contribution in [2.75, 3.05) is 0 Å². The van der Waals surface area contributed by atoms with E-state index in [4.69, 9.17) is 0 Å². The van der Waals surface area contributed by atoms with Crippen LogP contribution in [0.25, 0.3) is 0 Å². The molecule has 0 aromatic carbocycles. The van der Waals surface area contributed by atoms with E-state index < -0.39 is 0 Å². The third kappa shape index (κ3) is 4.28. The van der Waals surface area contributed by atoms with Crippen molar-refractivity contribution in [2.45, 2.75) is 70.8 Å². The summed E-state index contributed by atoms with van der Waals surface area (Å²) in [6, 6.07) is 0.